The molecule has 2 saturated heterocycles. The van der Waals surface area contributed by atoms with Crippen LogP contribution in [0.3, 0.4) is 0 Å². The van der Waals surface area contributed by atoms with Gasteiger partial charge in [-0.15, -0.1) is 0 Å². The van der Waals surface area contributed by atoms with Crippen molar-refractivity contribution in [2.75, 3.05) is 46.0 Å². The number of amides is 2. The van der Waals surface area contributed by atoms with Crippen molar-refractivity contribution in [3.63, 3.8) is 0 Å². The number of rotatable bonds is 6. The standard InChI is InChI=1S/C26H32N2O4/c1-20-5-2-3-7-23(20)17-25(29)28-12-4-6-21(18-28)19-32-24-10-8-22(9-11-24)26(30)27-13-15-31-16-14-27/h2-3,5,7-11,21H,4,6,12-19H2,1H3/t21-/m1/s1. The van der Waals surface area contributed by atoms with Crippen molar-refractivity contribution < 1.29 is 19.1 Å². The number of carbonyl (C=O) groups is 2. The van der Waals surface area contributed by atoms with E-state index in [0.717, 1.165) is 42.8 Å². The molecule has 0 saturated carbocycles. The molecule has 2 aliphatic heterocycles. The van der Waals surface area contributed by atoms with Gasteiger partial charge in [-0.1, -0.05) is 24.3 Å². The summed E-state index contributed by atoms with van der Waals surface area (Å²) >= 11 is 0. The van der Waals surface area contributed by atoms with Gasteiger partial charge in [-0.25, -0.2) is 0 Å². The molecule has 2 heterocycles. The number of likely N-dealkylation sites (tertiary alicyclic amines) is 1. The Bertz CT molecular complexity index is 922. The Morgan fingerprint density at radius 2 is 1.75 bits per heavy atom. The quantitative estimate of drug-likeness (QED) is 0.697. The minimum Gasteiger partial charge on any atom is -0.493 e. The first-order chi connectivity index (χ1) is 15.6. The van der Waals surface area contributed by atoms with Crippen molar-refractivity contribution in [3.8, 4) is 5.75 Å². The highest BCUT2D eigenvalue weighted by Gasteiger charge is 2.24. The van der Waals surface area contributed by atoms with Gasteiger partial charge in [0.2, 0.25) is 5.91 Å². The fourth-order valence-corrected chi connectivity index (χ4v) is 4.37. The Labute approximate surface area is 190 Å². The number of carbonyl (C=O) groups excluding carboxylic acids is 2. The van der Waals surface area contributed by atoms with E-state index >= 15 is 0 Å². The minimum absolute atomic E-state index is 0.0370. The number of morpholine rings is 1. The maximum absolute atomic E-state index is 12.8. The average Bonchev–Trinajstić information content (AvgIpc) is 2.85. The fourth-order valence-electron chi connectivity index (χ4n) is 4.37. The lowest BCUT2D eigenvalue weighted by atomic mass is 9.97. The Balaban J connectivity index is 1.26. The van der Waals surface area contributed by atoms with Gasteiger partial charge in [-0.3, -0.25) is 9.59 Å². The highest BCUT2D eigenvalue weighted by Crippen LogP contribution is 2.21. The number of piperidine rings is 1. The van der Waals surface area contributed by atoms with E-state index in [0.29, 0.717) is 50.8 Å². The summed E-state index contributed by atoms with van der Waals surface area (Å²) in [6.45, 7) is 6.64. The van der Waals surface area contributed by atoms with Crippen LogP contribution in [0.15, 0.2) is 48.5 Å². The molecule has 32 heavy (non-hydrogen) atoms. The monoisotopic (exact) mass is 436 g/mol. The molecule has 2 amide bonds. The molecule has 2 aromatic carbocycles. The third-order valence-corrected chi connectivity index (χ3v) is 6.36. The van der Waals surface area contributed by atoms with Crippen LogP contribution in [0.1, 0.15) is 34.3 Å². The maximum Gasteiger partial charge on any atom is 0.254 e. The summed E-state index contributed by atoms with van der Waals surface area (Å²) in [6, 6.07) is 15.4. The van der Waals surface area contributed by atoms with E-state index in [2.05, 4.69) is 13.0 Å². The summed E-state index contributed by atoms with van der Waals surface area (Å²) in [6.07, 6.45) is 2.52. The first-order valence-electron chi connectivity index (χ1n) is 11.5. The lowest BCUT2D eigenvalue weighted by Crippen LogP contribution is -2.42. The smallest absolute Gasteiger partial charge is 0.254 e. The number of hydrogen-bond acceptors (Lipinski definition) is 4. The van der Waals surface area contributed by atoms with Gasteiger partial charge in [0, 0.05) is 37.7 Å². The van der Waals surface area contributed by atoms with Gasteiger partial charge in [-0.2, -0.15) is 0 Å². The van der Waals surface area contributed by atoms with Crippen LogP contribution >= 0.6 is 0 Å². The van der Waals surface area contributed by atoms with E-state index in [-0.39, 0.29) is 11.8 Å². The largest absolute Gasteiger partial charge is 0.493 e. The molecule has 0 radical (unpaired) electrons. The van der Waals surface area contributed by atoms with Gasteiger partial charge in [0.05, 0.1) is 26.2 Å². The molecule has 0 bridgehead atoms. The average molecular weight is 437 g/mol. The second kappa shape index (κ2) is 10.6. The van der Waals surface area contributed by atoms with Gasteiger partial charge in [0.1, 0.15) is 5.75 Å². The molecule has 2 aromatic rings. The zero-order valence-corrected chi connectivity index (χ0v) is 18.8. The van der Waals surface area contributed by atoms with Crippen molar-refractivity contribution in [2.45, 2.75) is 26.2 Å². The fraction of sp³-hybridized carbons (Fsp3) is 0.462. The number of aryl methyl sites for hydroxylation is 1. The summed E-state index contributed by atoms with van der Waals surface area (Å²) < 4.78 is 11.3. The summed E-state index contributed by atoms with van der Waals surface area (Å²) in [5.74, 6) is 1.30. The van der Waals surface area contributed by atoms with Crippen LogP contribution in [0.4, 0.5) is 0 Å². The van der Waals surface area contributed by atoms with E-state index in [1.54, 1.807) is 0 Å². The zero-order valence-electron chi connectivity index (χ0n) is 18.8. The van der Waals surface area contributed by atoms with E-state index in [4.69, 9.17) is 9.47 Å². The number of hydrogen-bond donors (Lipinski definition) is 0. The molecular weight excluding hydrogens is 404 g/mol. The first-order valence-corrected chi connectivity index (χ1v) is 11.5. The second-order valence-corrected chi connectivity index (χ2v) is 8.69. The van der Waals surface area contributed by atoms with E-state index in [1.165, 1.54) is 0 Å². The number of nitrogens with zero attached hydrogens (tertiary/aromatic N) is 2. The topological polar surface area (TPSA) is 59.1 Å². The molecule has 2 fully saturated rings. The van der Waals surface area contributed by atoms with Crippen molar-refractivity contribution in [1.82, 2.24) is 9.80 Å². The van der Waals surface area contributed by atoms with Crippen LogP contribution in [-0.2, 0) is 16.0 Å². The molecule has 6 heteroatoms. The van der Waals surface area contributed by atoms with Crippen LogP contribution in [-0.4, -0.2) is 67.6 Å². The minimum atomic E-state index is 0.0370. The summed E-state index contributed by atoms with van der Waals surface area (Å²) in [4.78, 5) is 29.2. The third kappa shape index (κ3) is 5.68. The molecule has 6 nitrogen and oxygen atoms in total. The van der Waals surface area contributed by atoms with Gasteiger partial charge < -0.3 is 19.3 Å². The van der Waals surface area contributed by atoms with Crippen molar-refractivity contribution in [3.05, 3.63) is 65.2 Å². The summed E-state index contributed by atoms with van der Waals surface area (Å²) in [5, 5.41) is 0. The lowest BCUT2D eigenvalue weighted by molar-refractivity contribution is -0.132. The van der Waals surface area contributed by atoms with E-state index in [1.807, 2.05) is 52.3 Å². The zero-order chi connectivity index (χ0) is 22.3. The van der Waals surface area contributed by atoms with Gasteiger partial charge in [0.25, 0.3) is 5.91 Å². The predicted octanol–water partition coefficient (Wildman–Crippen LogP) is 3.33. The first kappa shape index (κ1) is 22.3. The molecule has 0 unspecified atom stereocenters. The Kier molecular flexibility index (Phi) is 7.43. The lowest BCUT2D eigenvalue weighted by Gasteiger charge is -2.33. The Morgan fingerprint density at radius 3 is 2.50 bits per heavy atom. The molecule has 1 atom stereocenters. The molecule has 0 N–H and O–H groups in total. The van der Waals surface area contributed by atoms with Crippen LogP contribution in [0.25, 0.3) is 0 Å². The third-order valence-electron chi connectivity index (χ3n) is 6.36. The predicted molar refractivity (Wildman–Crippen MR) is 123 cm³/mol. The molecular formula is C26H32N2O4. The SMILES string of the molecule is Cc1ccccc1CC(=O)N1CCC[C@@H](COc2ccc(C(=O)N3CCOCC3)cc2)C1. The van der Waals surface area contributed by atoms with Gasteiger partial charge >= 0.3 is 0 Å². The highest BCUT2D eigenvalue weighted by atomic mass is 16.5. The normalized spacial score (nSPS) is 19.0. The van der Waals surface area contributed by atoms with Gasteiger partial charge in [-0.05, 0) is 55.2 Å². The summed E-state index contributed by atoms with van der Waals surface area (Å²) in [5.41, 5.74) is 2.93. The van der Waals surface area contributed by atoms with Crippen molar-refractivity contribution in [1.29, 1.82) is 0 Å². The Hall–Kier alpha value is -2.86. The Morgan fingerprint density at radius 1 is 1.00 bits per heavy atom. The second-order valence-electron chi connectivity index (χ2n) is 8.69. The molecule has 4 rings (SSSR count). The van der Waals surface area contributed by atoms with Crippen molar-refractivity contribution in [2.24, 2.45) is 5.92 Å². The van der Waals surface area contributed by atoms with Crippen LogP contribution in [0.2, 0.25) is 0 Å². The number of ether oxygens (including phenoxy) is 2. The van der Waals surface area contributed by atoms with Crippen LogP contribution < -0.4 is 4.74 Å². The molecule has 0 aliphatic carbocycles. The van der Waals surface area contributed by atoms with Gasteiger partial charge in [0.15, 0.2) is 0 Å². The number of benzene rings is 2. The van der Waals surface area contributed by atoms with Crippen molar-refractivity contribution >= 4 is 11.8 Å². The maximum atomic E-state index is 12.8. The molecule has 170 valence electrons. The van der Waals surface area contributed by atoms with Crippen LogP contribution in [0, 0.1) is 12.8 Å². The summed E-state index contributed by atoms with van der Waals surface area (Å²) in [7, 11) is 0. The van der Waals surface area contributed by atoms with Crippen LogP contribution in [0.5, 0.6) is 5.75 Å². The molecule has 2 aliphatic rings. The van der Waals surface area contributed by atoms with E-state index < -0.39 is 0 Å². The van der Waals surface area contributed by atoms with E-state index in [9.17, 15) is 9.59 Å². The molecule has 0 spiro atoms. The molecule has 0 aromatic heterocycles. The highest BCUT2D eigenvalue weighted by molar-refractivity contribution is 5.94.